The third-order valence-electron chi connectivity index (χ3n) is 1.61. The van der Waals surface area contributed by atoms with E-state index < -0.39 is 0 Å². The minimum Gasteiger partial charge on any atom is -0.384 e. The molecule has 0 aliphatic rings. The van der Waals surface area contributed by atoms with Gasteiger partial charge >= 0.3 is 0 Å². The molecule has 1 aromatic rings. The number of hydrogen-bond donors (Lipinski definition) is 2. The van der Waals surface area contributed by atoms with Gasteiger partial charge in [0.1, 0.15) is 17.5 Å². The van der Waals surface area contributed by atoms with Gasteiger partial charge in [-0.2, -0.15) is 0 Å². The lowest BCUT2D eigenvalue weighted by molar-refractivity contribution is 0.629. The van der Waals surface area contributed by atoms with Gasteiger partial charge in [-0.25, -0.2) is 9.97 Å². The van der Waals surface area contributed by atoms with Crippen molar-refractivity contribution in [3.05, 3.63) is 11.9 Å². The molecule has 0 spiro atoms. The van der Waals surface area contributed by atoms with Gasteiger partial charge in [-0.05, 0) is 20.8 Å². The van der Waals surface area contributed by atoms with Gasteiger partial charge in [0, 0.05) is 18.0 Å². The van der Waals surface area contributed by atoms with Crippen LogP contribution in [-0.4, -0.2) is 15.5 Å². The van der Waals surface area contributed by atoms with Gasteiger partial charge in [-0.3, -0.25) is 0 Å². The first-order valence-electron chi connectivity index (χ1n) is 4.82. The van der Waals surface area contributed by atoms with Crippen molar-refractivity contribution >= 4 is 11.6 Å². The SMILES string of the molecule is CCc1nc(N)cc(NC(C)(C)C)n1. The highest BCUT2D eigenvalue weighted by Gasteiger charge is 2.11. The van der Waals surface area contributed by atoms with Crippen molar-refractivity contribution < 1.29 is 0 Å². The number of aromatic nitrogens is 2. The summed E-state index contributed by atoms with van der Waals surface area (Å²) >= 11 is 0. The van der Waals surface area contributed by atoms with Crippen molar-refractivity contribution in [3.63, 3.8) is 0 Å². The maximum absolute atomic E-state index is 5.66. The average molecular weight is 194 g/mol. The predicted octanol–water partition coefficient (Wildman–Crippen LogP) is 1.83. The van der Waals surface area contributed by atoms with Crippen LogP contribution in [0.5, 0.6) is 0 Å². The van der Waals surface area contributed by atoms with E-state index in [1.165, 1.54) is 0 Å². The van der Waals surface area contributed by atoms with Crippen LogP contribution in [0.15, 0.2) is 6.07 Å². The molecule has 0 bridgehead atoms. The van der Waals surface area contributed by atoms with E-state index in [1.807, 2.05) is 6.92 Å². The summed E-state index contributed by atoms with van der Waals surface area (Å²) in [6.45, 7) is 8.25. The lowest BCUT2D eigenvalue weighted by Crippen LogP contribution is -2.27. The molecule has 0 aliphatic heterocycles. The summed E-state index contributed by atoms with van der Waals surface area (Å²) in [6.07, 6.45) is 0.795. The predicted molar refractivity (Wildman–Crippen MR) is 59.2 cm³/mol. The molecule has 0 saturated heterocycles. The fourth-order valence-electron chi connectivity index (χ4n) is 1.12. The van der Waals surface area contributed by atoms with Gasteiger partial charge in [-0.1, -0.05) is 6.92 Å². The van der Waals surface area contributed by atoms with Gasteiger partial charge in [0.2, 0.25) is 0 Å². The zero-order chi connectivity index (χ0) is 10.8. The highest BCUT2D eigenvalue weighted by molar-refractivity contribution is 5.45. The Hall–Kier alpha value is -1.32. The molecular formula is C10H18N4. The Balaban J connectivity index is 2.92. The Kier molecular flexibility index (Phi) is 2.93. The quantitative estimate of drug-likeness (QED) is 0.754. The van der Waals surface area contributed by atoms with E-state index in [1.54, 1.807) is 6.07 Å². The van der Waals surface area contributed by atoms with E-state index in [2.05, 4.69) is 36.1 Å². The highest BCUT2D eigenvalue weighted by atomic mass is 15.1. The monoisotopic (exact) mass is 194 g/mol. The molecule has 0 unspecified atom stereocenters. The molecule has 0 aromatic carbocycles. The minimum absolute atomic E-state index is 0.00813. The molecule has 1 rings (SSSR count). The molecule has 0 amide bonds. The third kappa shape index (κ3) is 3.20. The summed E-state index contributed by atoms with van der Waals surface area (Å²) in [5, 5.41) is 3.27. The summed E-state index contributed by atoms with van der Waals surface area (Å²) in [4.78, 5) is 8.44. The highest BCUT2D eigenvalue weighted by Crippen LogP contribution is 2.14. The number of rotatable bonds is 2. The largest absolute Gasteiger partial charge is 0.384 e. The van der Waals surface area contributed by atoms with Gasteiger partial charge in [0.05, 0.1) is 0 Å². The molecule has 4 nitrogen and oxygen atoms in total. The molecule has 0 saturated carbocycles. The van der Waals surface area contributed by atoms with E-state index in [-0.39, 0.29) is 5.54 Å². The summed E-state index contributed by atoms with van der Waals surface area (Å²) < 4.78 is 0. The van der Waals surface area contributed by atoms with E-state index in [9.17, 15) is 0 Å². The van der Waals surface area contributed by atoms with Gasteiger partial charge in [0.25, 0.3) is 0 Å². The van der Waals surface area contributed by atoms with Crippen LogP contribution in [0.1, 0.15) is 33.5 Å². The van der Waals surface area contributed by atoms with Crippen molar-refractivity contribution in [1.29, 1.82) is 0 Å². The zero-order valence-electron chi connectivity index (χ0n) is 9.26. The summed E-state index contributed by atoms with van der Waals surface area (Å²) in [7, 11) is 0. The number of hydrogen-bond acceptors (Lipinski definition) is 4. The molecule has 1 aromatic heterocycles. The topological polar surface area (TPSA) is 63.8 Å². The molecular weight excluding hydrogens is 176 g/mol. The molecule has 3 N–H and O–H groups in total. The Bertz CT molecular complexity index is 314. The number of nitrogens with one attached hydrogen (secondary N) is 1. The number of aryl methyl sites for hydroxylation is 1. The standard InChI is InChI=1S/C10H18N4/c1-5-8-12-7(11)6-9(13-8)14-10(2,3)4/h6H,5H2,1-4H3,(H3,11,12,13,14). The second-order valence-electron chi connectivity index (χ2n) is 4.32. The molecule has 0 radical (unpaired) electrons. The maximum Gasteiger partial charge on any atom is 0.132 e. The van der Waals surface area contributed by atoms with Gasteiger partial charge in [-0.15, -0.1) is 0 Å². The van der Waals surface area contributed by atoms with Gasteiger partial charge in [0.15, 0.2) is 0 Å². The van der Waals surface area contributed by atoms with Crippen LogP contribution in [-0.2, 0) is 6.42 Å². The summed E-state index contributed by atoms with van der Waals surface area (Å²) in [6, 6.07) is 1.75. The van der Waals surface area contributed by atoms with Crippen molar-refractivity contribution in [2.45, 2.75) is 39.7 Å². The molecule has 1 heterocycles. The van der Waals surface area contributed by atoms with Crippen LogP contribution in [0, 0.1) is 0 Å². The number of anilines is 2. The fraction of sp³-hybridized carbons (Fsp3) is 0.600. The lowest BCUT2D eigenvalue weighted by Gasteiger charge is -2.21. The van der Waals surface area contributed by atoms with Crippen molar-refractivity contribution in [2.24, 2.45) is 0 Å². The first-order chi connectivity index (χ1) is 6.40. The molecule has 0 fully saturated rings. The van der Waals surface area contributed by atoms with Crippen LogP contribution in [0.2, 0.25) is 0 Å². The van der Waals surface area contributed by atoms with Crippen LogP contribution >= 0.6 is 0 Å². The van der Waals surface area contributed by atoms with E-state index in [0.29, 0.717) is 5.82 Å². The number of nitrogens with zero attached hydrogens (tertiary/aromatic N) is 2. The first kappa shape index (κ1) is 10.8. The lowest BCUT2D eigenvalue weighted by atomic mass is 10.1. The van der Waals surface area contributed by atoms with E-state index >= 15 is 0 Å². The first-order valence-corrected chi connectivity index (χ1v) is 4.82. The fourth-order valence-corrected chi connectivity index (χ4v) is 1.12. The zero-order valence-corrected chi connectivity index (χ0v) is 9.26. The van der Waals surface area contributed by atoms with E-state index in [0.717, 1.165) is 18.1 Å². The number of nitrogen functional groups attached to an aromatic ring is 1. The number of nitrogens with two attached hydrogens (primary N) is 1. The van der Waals surface area contributed by atoms with Crippen LogP contribution < -0.4 is 11.1 Å². The second-order valence-corrected chi connectivity index (χ2v) is 4.32. The second kappa shape index (κ2) is 3.82. The Labute approximate surface area is 85.0 Å². The third-order valence-corrected chi connectivity index (χ3v) is 1.61. The summed E-state index contributed by atoms with van der Waals surface area (Å²) in [5.41, 5.74) is 5.65. The van der Waals surface area contributed by atoms with Crippen molar-refractivity contribution in [1.82, 2.24) is 9.97 Å². The van der Waals surface area contributed by atoms with Crippen LogP contribution in [0.4, 0.5) is 11.6 Å². The smallest absolute Gasteiger partial charge is 0.132 e. The molecule has 78 valence electrons. The van der Waals surface area contributed by atoms with Gasteiger partial charge < -0.3 is 11.1 Å². The summed E-state index contributed by atoms with van der Waals surface area (Å²) in [5.74, 6) is 2.09. The Morgan fingerprint density at radius 2 is 2.00 bits per heavy atom. The molecule has 0 aliphatic carbocycles. The Morgan fingerprint density at radius 1 is 1.36 bits per heavy atom. The van der Waals surface area contributed by atoms with Crippen LogP contribution in [0.3, 0.4) is 0 Å². The van der Waals surface area contributed by atoms with Crippen molar-refractivity contribution in [2.75, 3.05) is 11.1 Å². The van der Waals surface area contributed by atoms with Crippen LogP contribution in [0.25, 0.3) is 0 Å². The molecule has 4 heteroatoms. The molecule has 14 heavy (non-hydrogen) atoms. The maximum atomic E-state index is 5.66. The average Bonchev–Trinajstić information content (AvgIpc) is 1.99. The van der Waals surface area contributed by atoms with Crippen molar-refractivity contribution in [3.8, 4) is 0 Å². The minimum atomic E-state index is -0.00813. The Morgan fingerprint density at radius 3 is 2.50 bits per heavy atom. The molecule has 0 atom stereocenters. The normalized spacial score (nSPS) is 11.4. The van der Waals surface area contributed by atoms with E-state index in [4.69, 9.17) is 5.73 Å².